The Balaban J connectivity index is 3.00. The molecule has 1 N–H and O–H groups in total. The lowest BCUT2D eigenvalue weighted by atomic mass is 10.3. The van der Waals surface area contributed by atoms with Crippen molar-refractivity contribution in [2.24, 2.45) is 0 Å². The van der Waals surface area contributed by atoms with E-state index in [2.05, 4.69) is 20.7 Å². The summed E-state index contributed by atoms with van der Waals surface area (Å²) < 4.78 is 38.8. The number of halogens is 2. The average Bonchev–Trinajstić information content (AvgIpc) is 2.19. The summed E-state index contributed by atoms with van der Waals surface area (Å²) in [5.41, 5.74) is 0. The molecule has 15 heavy (non-hydrogen) atoms. The second-order valence-electron chi connectivity index (χ2n) is 2.97. The predicted molar refractivity (Wildman–Crippen MR) is 59.6 cm³/mol. The SMILES string of the molecule is CCCNS(=O)(=O)c1ccc(Br)c(F)c1. The smallest absolute Gasteiger partial charge is 0.211 e. The van der Waals surface area contributed by atoms with E-state index in [1.54, 1.807) is 0 Å². The van der Waals surface area contributed by atoms with Crippen molar-refractivity contribution in [1.82, 2.24) is 4.72 Å². The van der Waals surface area contributed by atoms with E-state index in [-0.39, 0.29) is 9.37 Å². The van der Waals surface area contributed by atoms with Gasteiger partial charge in [-0.2, -0.15) is 0 Å². The number of nitrogens with one attached hydrogen (secondary N) is 1. The molecule has 0 radical (unpaired) electrons. The Hall–Kier alpha value is -0.460. The Bertz CT molecular complexity index is 447. The van der Waals surface area contributed by atoms with Gasteiger partial charge in [0.2, 0.25) is 10.0 Å². The van der Waals surface area contributed by atoms with Crippen molar-refractivity contribution in [1.29, 1.82) is 0 Å². The van der Waals surface area contributed by atoms with Crippen LogP contribution in [-0.2, 0) is 10.0 Å². The first-order valence-electron chi connectivity index (χ1n) is 4.42. The van der Waals surface area contributed by atoms with Crippen LogP contribution in [0, 0.1) is 5.82 Å². The van der Waals surface area contributed by atoms with Crippen molar-refractivity contribution >= 4 is 26.0 Å². The molecule has 0 aromatic heterocycles. The molecule has 1 rings (SSSR count). The van der Waals surface area contributed by atoms with Gasteiger partial charge in [0.1, 0.15) is 5.82 Å². The van der Waals surface area contributed by atoms with Gasteiger partial charge in [-0.15, -0.1) is 0 Å². The minimum atomic E-state index is -3.57. The first kappa shape index (κ1) is 12.6. The van der Waals surface area contributed by atoms with Gasteiger partial charge in [-0.1, -0.05) is 6.92 Å². The molecule has 0 aliphatic carbocycles. The minimum absolute atomic E-state index is 0.0587. The van der Waals surface area contributed by atoms with Crippen LogP contribution in [0.25, 0.3) is 0 Å². The van der Waals surface area contributed by atoms with Crippen LogP contribution in [0.3, 0.4) is 0 Å². The molecular weight excluding hydrogens is 285 g/mol. The molecule has 0 heterocycles. The minimum Gasteiger partial charge on any atom is -0.211 e. The van der Waals surface area contributed by atoms with E-state index in [4.69, 9.17) is 0 Å². The summed E-state index contributed by atoms with van der Waals surface area (Å²) in [6.07, 6.45) is 0.693. The average molecular weight is 296 g/mol. The highest BCUT2D eigenvalue weighted by atomic mass is 79.9. The highest BCUT2D eigenvalue weighted by Crippen LogP contribution is 2.19. The number of hydrogen-bond acceptors (Lipinski definition) is 2. The van der Waals surface area contributed by atoms with Gasteiger partial charge in [-0.05, 0) is 40.5 Å². The molecule has 0 aliphatic rings. The van der Waals surface area contributed by atoms with E-state index in [0.717, 1.165) is 6.07 Å². The third kappa shape index (κ3) is 3.25. The fourth-order valence-corrected chi connectivity index (χ4v) is 2.36. The summed E-state index contributed by atoms with van der Waals surface area (Å²) in [7, 11) is -3.57. The van der Waals surface area contributed by atoms with Crippen LogP contribution in [0.2, 0.25) is 0 Å². The predicted octanol–water partition coefficient (Wildman–Crippen LogP) is 2.28. The molecule has 0 bridgehead atoms. The maximum Gasteiger partial charge on any atom is 0.240 e. The summed E-state index contributed by atoms with van der Waals surface area (Å²) in [5.74, 6) is -0.589. The molecule has 0 unspecified atom stereocenters. The molecule has 0 atom stereocenters. The molecule has 0 amide bonds. The van der Waals surface area contributed by atoms with Crippen molar-refractivity contribution in [2.45, 2.75) is 18.2 Å². The fourth-order valence-electron chi connectivity index (χ4n) is 0.964. The molecule has 1 aromatic rings. The van der Waals surface area contributed by atoms with Crippen LogP contribution in [0.5, 0.6) is 0 Å². The van der Waals surface area contributed by atoms with Crippen molar-refractivity contribution in [2.75, 3.05) is 6.54 Å². The van der Waals surface area contributed by atoms with Crippen LogP contribution in [0.15, 0.2) is 27.6 Å². The van der Waals surface area contributed by atoms with Gasteiger partial charge in [-0.3, -0.25) is 0 Å². The highest BCUT2D eigenvalue weighted by molar-refractivity contribution is 9.10. The fraction of sp³-hybridized carbons (Fsp3) is 0.333. The molecule has 0 spiro atoms. The normalized spacial score (nSPS) is 11.7. The summed E-state index contributed by atoms with van der Waals surface area (Å²) in [6, 6.07) is 3.71. The van der Waals surface area contributed by atoms with Gasteiger partial charge >= 0.3 is 0 Å². The van der Waals surface area contributed by atoms with E-state index in [1.807, 2.05) is 6.92 Å². The van der Waals surface area contributed by atoms with Gasteiger partial charge < -0.3 is 0 Å². The first-order chi connectivity index (χ1) is 6.97. The quantitative estimate of drug-likeness (QED) is 0.926. The zero-order valence-corrected chi connectivity index (χ0v) is 10.5. The molecule has 3 nitrogen and oxygen atoms in total. The molecule has 1 aromatic carbocycles. The van der Waals surface area contributed by atoms with E-state index >= 15 is 0 Å². The van der Waals surface area contributed by atoms with Gasteiger partial charge in [0.15, 0.2) is 0 Å². The Morgan fingerprint density at radius 3 is 2.67 bits per heavy atom. The zero-order chi connectivity index (χ0) is 11.5. The van der Waals surface area contributed by atoms with Crippen molar-refractivity contribution in [3.63, 3.8) is 0 Å². The van der Waals surface area contributed by atoms with Crippen molar-refractivity contribution < 1.29 is 12.8 Å². The topological polar surface area (TPSA) is 46.2 Å². The first-order valence-corrected chi connectivity index (χ1v) is 6.69. The van der Waals surface area contributed by atoms with Crippen LogP contribution in [0.1, 0.15) is 13.3 Å². The molecule has 0 fully saturated rings. The third-order valence-electron chi connectivity index (χ3n) is 1.74. The monoisotopic (exact) mass is 295 g/mol. The second kappa shape index (κ2) is 5.05. The summed E-state index contributed by atoms with van der Waals surface area (Å²) >= 11 is 2.96. The zero-order valence-electron chi connectivity index (χ0n) is 8.13. The number of sulfonamides is 1. The summed E-state index contributed by atoms with van der Waals surface area (Å²) in [6.45, 7) is 2.20. The van der Waals surface area contributed by atoms with E-state index in [1.165, 1.54) is 12.1 Å². The Morgan fingerprint density at radius 1 is 1.47 bits per heavy atom. The molecule has 0 saturated carbocycles. The van der Waals surface area contributed by atoms with E-state index < -0.39 is 15.8 Å². The summed E-state index contributed by atoms with van der Waals surface area (Å²) in [4.78, 5) is -0.0587. The molecule has 0 aliphatic heterocycles. The number of benzene rings is 1. The van der Waals surface area contributed by atoms with E-state index in [9.17, 15) is 12.8 Å². The van der Waals surface area contributed by atoms with Gasteiger partial charge in [0.05, 0.1) is 9.37 Å². The molecular formula is C9H11BrFNO2S. The van der Waals surface area contributed by atoms with Crippen LogP contribution in [0.4, 0.5) is 4.39 Å². The van der Waals surface area contributed by atoms with Gasteiger partial charge in [0, 0.05) is 6.54 Å². The van der Waals surface area contributed by atoms with Crippen molar-refractivity contribution in [3.8, 4) is 0 Å². The van der Waals surface area contributed by atoms with Gasteiger partial charge in [0.25, 0.3) is 0 Å². The maximum atomic E-state index is 13.1. The molecule has 6 heteroatoms. The van der Waals surface area contributed by atoms with Crippen molar-refractivity contribution in [3.05, 3.63) is 28.5 Å². The second-order valence-corrected chi connectivity index (χ2v) is 5.59. The molecule has 0 saturated heterocycles. The van der Waals surface area contributed by atoms with Crippen LogP contribution in [-0.4, -0.2) is 15.0 Å². The summed E-state index contributed by atoms with van der Waals surface area (Å²) in [5, 5.41) is 0. The standard InChI is InChI=1S/C9H11BrFNO2S/c1-2-5-12-15(13,14)7-3-4-8(10)9(11)6-7/h3-4,6,12H,2,5H2,1H3. The highest BCUT2D eigenvalue weighted by Gasteiger charge is 2.14. The lowest BCUT2D eigenvalue weighted by molar-refractivity contribution is 0.576. The van der Waals surface area contributed by atoms with E-state index in [0.29, 0.717) is 13.0 Å². The third-order valence-corrected chi connectivity index (χ3v) is 3.85. The lowest BCUT2D eigenvalue weighted by Crippen LogP contribution is -2.24. The van der Waals surface area contributed by atoms with Crippen LogP contribution >= 0.6 is 15.9 Å². The maximum absolute atomic E-state index is 13.1. The Morgan fingerprint density at radius 2 is 2.13 bits per heavy atom. The van der Waals surface area contributed by atoms with Gasteiger partial charge in [-0.25, -0.2) is 17.5 Å². The largest absolute Gasteiger partial charge is 0.240 e. The number of hydrogen-bond donors (Lipinski definition) is 1. The molecule has 84 valence electrons. The lowest BCUT2D eigenvalue weighted by Gasteiger charge is -2.05. The number of rotatable bonds is 4. The Kier molecular flexibility index (Phi) is 4.24. The Labute approximate surface area is 96.9 Å². The van der Waals surface area contributed by atoms with Crippen LogP contribution < -0.4 is 4.72 Å².